The maximum atomic E-state index is 8.32. The average molecular weight is 217 g/mol. The van der Waals surface area contributed by atoms with Gasteiger partial charge in [0.25, 0.3) is 0 Å². The number of nitrogens with zero attached hydrogens (tertiary/aromatic N) is 1. The van der Waals surface area contributed by atoms with E-state index < -0.39 is 0 Å². The van der Waals surface area contributed by atoms with Gasteiger partial charge in [-0.25, -0.2) is 0 Å². The first-order valence-corrected chi connectivity index (χ1v) is 5.46. The van der Waals surface area contributed by atoms with E-state index in [4.69, 9.17) is 14.7 Å². The molecule has 16 heavy (non-hydrogen) atoms. The molecule has 2 aliphatic carbocycles. The van der Waals surface area contributed by atoms with Gasteiger partial charge in [0.05, 0.1) is 24.3 Å². The van der Waals surface area contributed by atoms with E-state index in [0.717, 1.165) is 17.4 Å². The van der Waals surface area contributed by atoms with Crippen LogP contribution in [0, 0.1) is 27.7 Å². The topological polar surface area (TPSA) is 42.2 Å². The van der Waals surface area contributed by atoms with Crippen molar-refractivity contribution in [3.8, 4) is 6.07 Å². The third-order valence-corrected chi connectivity index (χ3v) is 3.05. The van der Waals surface area contributed by atoms with Crippen LogP contribution in [0.2, 0.25) is 0 Å². The van der Waals surface area contributed by atoms with Crippen LogP contribution in [0.5, 0.6) is 0 Å². The van der Waals surface area contributed by atoms with Crippen LogP contribution in [-0.2, 0) is 9.47 Å². The summed E-state index contributed by atoms with van der Waals surface area (Å²) in [6.45, 7) is 5.53. The Hall–Kier alpha value is -1.37. The summed E-state index contributed by atoms with van der Waals surface area (Å²) in [6.07, 6.45) is 0.378. The fourth-order valence-electron chi connectivity index (χ4n) is 1.57. The lowest BCUT2D eigenvalue weighted by Gasteiger charge is -2.25. The third-order valence-electron chi connectivity index (χ3n) is 3.05. The Morgan fingerprint density at radius 2 is 2.19 bits per heavy atom. The highest BCUT2D eigenvalue weighted by molar-refractivity contribution is 5.41. The third kappa shape index (κ3) is 2.08. The Morgan fingerprint density at radius 1 is 1.38 bits per heavy atom. The highest BCUT2D eigenvalue weighted by atomic mass is 16.7. The summed E-state index contributed by atoms with van der Waals surface area (Å²) >= 11 is 0. The van der Waals surface area contributed by atoms with Crippen LogP contribution in [0.3, 0.4) is 0 Å². The highest BCUT2D eigenvalue weighted by Crippen LogP contribution is 2.13. The van der Waals surface area contributed by atoms with Gasteiger partial charge in [0.2, 0.25) is 0 Å². The zero-order valence-electron chi connectivity index (χ0n) is 9.56. The summed E-state index contributed by atoms with van der Waals surface area (Å²) in [5.41, 5.74) is 0.836. The fraction of sp³-hybridized carbons (Fsp3) is 0.462. The fourth-order valence-corrected chi connectivity index (χ4v) is 1.57. The SMILES string of the molecule is CC1COCOC1C.N#Cc1cc2ccc1=2. The molecule has 0 radical (unpaired) electrons. The number of benzene rings is 1. The molecule has 84 valence electrons. The second-order valence-corrected chi connectivity index (χ2v) is 4.21. The van der Waals surface area contributed by atoms with E-state index in [1.54, 1.807) is 0 Å². The standard InChI is InChI=1S/C7H3N.C6H12O2/c8-4-6-3-5-1-2-7(5)6;1-5-3-7-4-8-6(5)2/h1-3H;5-6H,3-4H2,1-2H3. The van der Waals surface area contributed by atoms with Crippen LogP contribution in [0.4, 0.5) is 0 Å². The number of rotatable bonds is 0. The number of nitriles is 1. The minimum absolute atomic E-state index is 0.378. The maximum Gasteiger partial charge on any atom is 0.147 e. The second kappa shape index (κ2) is 4.65. The molecule has 0 saturated carbocycles. The Balaban J connectivity index is 0.000000120. The predicted octanol–water partition coefficient (Wildman–Crippen LogP) is 2.17. The molecule has 0 N–H and O–H groups in total. The molecule has 3 rings (SSSR count). The Bertz CT molecular complexity index is 494. The molecule has 2 atom stereocenters. The summed E-state index contributed by atoms with van der Waals surface area (Å²) in [5, 5.41) is 10.7. The summed E-state index contributed by atoms with van der Waals surface area (Å²) in [4.78, 5) is 0. The summed E-state index contributed by atoms with van der Waals surface area (Å²) in [7, 11) is 0. The van der Waals surface area contributed by atoms with Crippen molar-refractivity contribution in [1.29, 1.82) is 5.26 Å². The minimum atomic E-state index is 0.378. The first-order valence-electron chi connectivity index (χ1n) is 5.46. The molecule has 0 aromatic carbocycles. The first-order chi connectivity index (χ1) is 7.72. The molecule has 1 saturated heterocycles. The summed E-state index contributed by atoms with van der Waals surface area (Å²) in [6, 6.07) is 7.96. The van der Waals surface area contributed by atoms with E-state index in [0.29, 0.717) is 18.8 Å². The molecule has 3 nitrogen and oxygen atoms in total. The monoisotopic (exact) mass is 217 g/mol. The van der Waals surface area contributed by atoms with Gasteiger partial charge in [-0.2, -0.15) is 5.26 Å². The molecule has 0 aromatic heterocycles. The van der Waals surface area contributed by atoms with Crippen molar-refractivity contribution >= 4 is 0 Å². The van der Waals surface area contributed by atoms with Gasteiger partial charge in [-0.15, -0.1) is 0 Å². The average Bonchev–Trinajstić information content (AvgIpc) is 2.27. The van der Waals surface area contributed by atoms with Crippen LogP contribution in [0.1, 0.15) is 19.4 Å². The molecule has 1 aliphatic heterocycles. The number of ether oxygens (including phenoxy) is 2. The van der Waals surface area contributed by atoms with E-state index in [9.17, 15) is 0 Å². The first kappa shape index (κ1) is 11.1. The molecule has 3 heteroatoms. The normalized spacial score (nSPS) is 25.1. The second-order valence-electron chi connectivity index (χ2n) is 4.21. The van der Waals surface area contributed by atoms with Gasteiger partial charge < -0.3 is 9.47 Å². The molecule has 1 heterocycles. The van der Waals surface area contributed by atoms with Crippen molar-refractivity contribution in [3.05, 3.63) is 34.2 Å². The van der Waals surface area contributed by atoms with E-state index in [1.165, 1.54) is 5.22 Å². The lowest BCUT2D eigenvalue weighted by molar-refractivity contribution is -0.159. The van der Waals surface area contributed by atoms with Crippen molar-refractivity contribution in [2.24, 2.45) is 5.92 Å². The lowest BCUT2D eigenvalue weighted by Crippen LogP contribution is -2.29. The van der Waals surface area contributed by atoms with Crippen LogP contribution >= 0.6 is 0 Å². The molecule has 0 spiro atoms. The zero-order chi connectivity index (χ0) is 11.5. The van der Waals surface area contributed by atoms with Crippen LogP contribution in [0.25, 0.3) is 0 Å². The number of hydrogen-bond acceptors (Lipinski definition) is 3. The van der Waals surface area contributed by atoms with Crippen LogP contribution in [-0.4, -0.2) is 19.5 Å². The molecule has 0 aromatic rings. The van der Waals surface area contributed by atoms with Crippen LogP contribution < -0.4 is 0 Å². The lowest BCUT2D eigenvalue weighted by atomic mass is 10.0. The van der Waals surface area contributed by atoms with Gasteiger partial charge in [0.1, 0.15) is 6.79 Å². The van der Waals surface area contributed by atoms with Gasteiger partial charge in [0, 0.05) is 5.92 Å². The van der Waals surface area contributed by atoms with Gasteiger partial charge >= 0.3 is 0 Å². The van der Waals surface area contributed by atoms with E-state index in [-0.39, 0.29) is 0 Å². The van der Waals surface area contributed by atoms with Gasteiger partial charge in [0.15, 0.2) is 0 Å². The molecular formula is C13H15NO2. The van der Waals surface area contributed by atoms with Crippen molar-refractivity contribution in [3.63, 3.8) is 0 Å². The van der Waals surface area contributed by atoms with E-state index >= 15 is 0 Å². The molecule has 3 aliphatic rings. The summed E-state index contributed by atoms with van der Waals surface area (Å²) in [5.74, 6) is 0.559. The van der Waals surface area contributed by atoms with Crippen molar-refractivity contribution in [1.82, 2.24) is 0 Å². The highest BCUT2D eigenvalue weighted by Gasteiger charge is 2.16. The summed E-state index contributed by atoms with van der Waals surface area (Å²) < 4.78 is 10.2. The smallest absolute Gasteiger partial charge is 0.147 e. The molecular weight excluding hydrogens is 202 g/mol. The predicted molar refractivity (Wildman–Crippen MR) is 59.4 cm³/mol. The molecule has 2 unspecified atom stereocenters. The molecule has 0 bridgehead atoms. The molecule has 0 amide bonds. The minimum Gasteiger partial charge on any atom is -0.355 e. The number of hydrogen-bond donors (Lipinski definition) is 0. The van der Waals surface area contributed by atoms with E-state index in [1.807, 2.05) is 18.2 Å². The van der Waals surface area contributed by atoms with Crippen molar-refractivity contribution < 1.29 is 9.47 Å². The Kier molecular flexibility index (Phi) is 3.23. The van der Waals surface area contributed by atoms with Gasteiger partial charge in [-0.05, 0) is 23.4 Å². The zero-order valence-corrected chi connectivity index (χ0v) is 9.56. The van der Waals surface area contributed by atoms with E-state index in [2.05, 4.69) is 19.9 Å². The van der Waals surface area contributed by atoms with Gasteiger partial charge in [-0.3, -0.25) is 0 Å². The van der Waals surface area contributed by atoms with Gasteiger partial charge in [-0.1, -0.05) is 19.1 Å². The maximum absolute atomic E-state index is 8.32. The van der Waals surface area contributed by atoms with Crippen molar-refractivity contribution in [2.45, 2.75) is 20.0 Å². The Labute approximate surface area is 94.9 Å². The quantitative estimate of drug-likeness (QED) is 0.679. The van der Waals surface area contributed by atoms with Crippen LogP contribution in [0.15, 0.2) is 18.2 Å². The largest absolute Gasteiger partial charge is 0.355 e. The van der Waals surface area contributed by atoms with Crippen molar-refractivity contribution in [2.75, 3.05) is 13.4 Å². The molecule has 1 fully saturated rings. The Morgan fingerprint density at radius 3 is 2.44 bits per heavy atom.